The lowest BCUT2D eigenvalue weighted by atomic mass is 9.95. The highest BCUT2D eigenvalue weighted by Crippen LogP contribution is 2.36. The molecule has 220 valence electrons. The molecule has 0 spiro atoms. The van der Waals surface area contributed by atoms with Gasteiger partial charge in [0.2, 0.25) is 5.91 Å². The van der Waals surface area contributed by atoms with Crippen LogP contribution in [-0.2, 0) is 23.9 Å². The summed E-state index contributed by atoms with van der Waals surface area (Å²) in [7, 11) is 0. The fourth-order valence-corrected chi connectivity index (χ4v) is 5.58. The van der Waals surface area contributed by atoms with Gasteiger partial charge in [0.25, 0.3) is 0 Å². The number of hydrogen-bond donors (Lipinski definition) is 2. The molecule has 4 heterocycles. The fraction of sp³-hybridized carbons (Fsp3) is 0.630. The number of aromatic nitrogens is 2. The molecule has 4 rings (SSSR count). The zero-order chi connectivity index (χ0) is 29.4. The number of furan rings is 1. The normalized spacial score (nSPS) is 20.2. The average molecular weight is 568 g/mol. The first-order valence-corrected chi connectivity index (χ1v) is 13.4. The molecule has 1 saturated heterocycles. The van der Waals surface area contributed by atoms with Gasteiger partial charge >= 0.3 is 12.3 Å². The molecule has 2 aromatic rings. The predicted molar refractivity (Wildman–Crippen MR) is 138 cm³/mol. The highest BCUT2D eigenvalue weighted by atomic mass is 19.4. The van der Waals surface area contributed by atoms with Crippen LogP contribution >= 0.6 is 0 Å². The van der Waals surface area contributed by atoms with Crippen LogP contribution in [0.15, 0.2) is 23.0 Å². The highest BCUT2D eigenvalue weighted by molar-refractivity contribution is 5.77. The van der Waals surface area contributed by atoms with Crippen LogP contribution in [0.3, 0.4) is 0 Å². The van der Waals surface area contributed by atoms with Crippen molar-refractivity contribution >= 4 is 12.0 Å². The van der Waals surface area contributed by atoms with Crippen molar-refractivity contribution in [2.75, 3.05) is 19.6 Å². The van der Waals surface area contributed by atoms with E-state index in [0.29, 0.717) is 18.5 Å². The number of fused-ring (bicyclic) bond motifs is 1. The molecular formula is C27H36F3N5O5. The van der Waals surface area contributed by atoms with E-state index in [9.17, 15) is 33.0 Å². The predicted octanol–water partition coefficient (Wildman–Crippen LogP) is 4.23. The van der Waals surface area contributed by atoms with Crippen molar-refractivity contribution in [1.29, 1.82) is 0 Å². The molecule has 0 radical (unpaired) electrons. The van der Waals surface area contributed by atoms with E-state index in [1.165, 1.54) is 23.5 Å². The minimum atomic E-state index is -4.69. The maximum Gasteiger partial charge on any atom is 0.433 e. The minimum Gasteiger partial charge on any atom is -0.472 e. The van der Waals surface area contributed by atoms with Crippen molar-refractivity contribution in [2.45, 2.75) is 83.9 Å². The highest BCUT2D eigenvalue weighted by Gasteiger charge is 2.41. The summed E-state index contributed by atoms with van der Waals surface area (Å²) < 4.78 is 46.7. The number of carboxylic acid groups (broad SMARTS) is 1. The van der Waals surface area contributed by atoms with Crippen molar-refractivity contribution in [3.8, 4) is 11.4 Å². The first kappa shape index (κ1) is 29.8. The molecule has 3 atom stereocenters. The quantitative estimate of drug-likeness (QED) is 0.510. The monoisotopic (exact) mass is 567 g/mol. The molecule has 0 aliphatic carbocycles. The maximum absolute atomic E-state index is 13.9. The second-order valence-electron chi connectivity index (χ2n) is 11.7. The molecule has 2 aliphatic heterocycles. The largest absolute Gasteiger partial charge is 0.472 e. The molecule has 2 N–H and O–H groups in total. The van der Waals surface area contributed by atoms with E-state index < -0.39 is 35.8 Å². The smallest absolute Gasteiger partial charge is 0.433 e. The second-order valence-corrected chi connectivity index (χ2v) is 11.7. The Morgan fingerprint density at radius 3 is 2.55 bits per heavy atom. The molecule has 0 aromatic carbocycles. The molecule has 1 fully saturated rings. The average Bonchev–Trinajstić information content (AvgIpc) is 3.38. The van der Waals surface area contributed by atoms with E-state index >= 15 is 0 Å². The van der Waals surface area contributed by atoms with Crippen LogP contribution in [0.2, 0.25) is 0 Å². The summed E-state index contributed by atoms with van der Waals surface area (Å²) in [6.07, 6.45) is -3.39. The number of halogens is 3. The number of carbonyl (C=O) groups excluding carboxylic acids is 1. The zero-order valence-electron chi connectivity index (χ0n) is 23.1. The summed E-state index contributed by atoms with van der Waals surface area (Å²) in [5, 5.41) is 21.4. The van der Waals surface area contributed by atoms with Crippen LogP contribution in [0.25, 0.3) is 11.4 Å². The molecule has 2 aliphatic rings. The van der Waals surface area contributed by atoms with E-state index in [0.717, 1.165) is 6.42 Å². The Hall–Kier alpha value is -3.19. The third kappa shape index (κ3) is 6.57. The summed E-state index contributed by atoms with van der Waals surface area (Å²) in [5.41, 5.74) is -1.41. The Morgan fingerprint density at radius 1 is 1.25 bits per heavy atom. The van der Waals surface area contributed by atoms with E-state index in [1.807, 2.05) is 6.92 Å². The first-order chi connectivity index (χ1) is 18.6. The van der Waals surface area contributed by atoms with Crippen molar-refractivity contribution in [3.05, 3.63) is 35.5 Å². The summed E-state index contributed by atoms with van der Waals surface area (Å²) in [6.45, 7) is 7.84. The third-order valence-electron chi connectivity index (χ3n) is 7.54. The number of likely N-dealkylation sites (tertiary alicyclic amines) is 1. The molecule has 13 heteroatoms. The Kier molecular flexibility index (Phi) is 8.46. The van der Waals surface area contributed by atoms with Gasteiger partial charge in [-0.15, -0.1) is 0 Å². The lowest BCUT2D eigenvalue weighted by Gasteiger charge is -2.44. The Balaban J connectivity index is 1.60. The van der Waals surface area contributed by atoms with Gasteiger partial charge in [-0.1, -0.05) is 6.92 Å². The van der Waals surface area contributed by atoms with Gasteiger partial charge < -0.3 is 19.5 Å². The molecule has 2 aromatic heterocycles. The van der Waals surface area contributed by atoms with Crippen molar-refractivity contribution in [2.24, 2.45) is 5.92 Å². The molecule has 40 heavy (non-hydrogen) atoms. The summed E-state index contributed by atoms with van der Waals surface area (Å²) in [4.78, 5) is 37.7. The first-order valence-electron chi connectivity index (χ1n) is 13.4. The molecule has 10 nitrogen and oxygen atoms in total. The van der Waals surface area contributed by atoms with Gasteiger partial charge in [-0.2, -0.15) is 13.2 Å². The Bertz CT molecular complexity index is 1210. The van der Waals surface area contributed by atoms with Gasteiger partial charge in [0.05, 0.1) is 23.6 Å². The van der Waals surface area contributed by atoms with E-state index in [2.05, 4.69) is 9.97 Å². The second kappa shape index (κ2) is 11.4. The number of rotatable bonds is 7. The standard InChI is InChI=1S/C27H36F3N5O5/c1-16-5-8-33(21(36)11-16)13-18(35(25(38)39)26(2,3)4)12-22(37)34-9-6-19-20(14-34)31-24(17-7-10-40-15-17)32-23(19)27(28,29)30/h7,10,15-16,18,22,37H,5-6,8-9,11-14H2,1-4H3,(H,38,39)/t16?,18-,22?/m0/s1. The molecular weight excluding hydrogens is 531 g/mol. The van der Waals surface area contributed by atoms with E-state index in [1.54, 1.807) is 30.6 Å². The van der Waals surface area contributed by atoms with Crippen LogP contribution in [0.1, 0.15) is 63.9 Å². The fourth-order valence-electron chi connectivity index (χ4n) is 5.58. The molecule has 2 amide bonds. The lowest BCUT2D eigenvalue weighted by Crippen LogP contribution is -2.58. The Labute approximate surface area is 230 Å². The van der Waals surface area contributed by atoms with Crippen LogP contribution in [0, 0.1) is 5.92 Å². The third-order valence-corrected chi connectivity index (χ3v) is 7.54. The number of aliphatic hydroxyl groups excluding tert-OH is 1. The molecule has 2 unspecified atom stereocenters. The van der Waals surface area contributed by atoms with Crippen LogP contribution < -0.4 is 0 Å². The number of hydrogen-bond acceptors (Lipinski definition) is 7. The van der Waals surface area contributed by atoms with Gasteiger partial charge in [0.15, 0.2) is 11.5 Å². The van der Waals surface area contributed by atoms with Crippen molar-refractivity contribution in [3.63, 3.8) is 0 Å². The summed E-state index contributed by atoms with van der Waals surface area (Å²) >= 11 is 0. The van der Waals surface area contributed by atoms with Crippen LogP contribution in [0.5, 0.6) is 0 Å². The van der Waals surface area contributed by atoms with Gasteiger partial charge in [0.1, 0.15) is 12.5 Å². The Morgan fingerprint density at radius 2 is 1.98 bits per heavy atom. The number of nitrogens with zero attached hydrogens (tertiary/aromatic N) is 5. The van der Waals surface area contributed by atoms with Gasteiger partial charge in [-0.05, 0) is 45.6 Å². The summed E-state index contributed by atoms with van der Waals surface area (Å²) in [6, 6.07) is 0.723. The zero-order valence-corrected chi connectivity index (χ0v) is 23.1. The number of amides is 2. The van der Waals surface area contributed by atoms with Crippen molar-refractivity contribution < 1.29 is 37.4 Å². The number of aliphatic hydroxyl groups is 1. The van der Waals surface area contributed by atoms with Gasteiger partial charge in [-0.3, -0.25) is 14.6 Å². The molecule has 0 bridgehead atoms. The van der Waals surface area contributed by atoms with E-state index in [-0.39, 0.29) is 61.4 Å². The molecule has 0 saturated carbocycles. The van der Waals surface area contributed by atoms with Gasteiger partial charge in [0, 0.05) is 50.1 Å². The van der Waals surface area contributed by atoms with Crippen LogP contribution in [-0.4, -0.2) is 84.3 Å². The van der Waals surface area contributed by atoms with Crippen LogP contribution in [0.4, 0.5) is 18.0 Å². The number of alkyl halides is 3. The van der Waals surface area contributed by atoms with Crippen molar-refractivity contribution in [1.82, 2.24) is 24.7 Å². The SMILES string of the molecule is CC1CCN(C[C@H](CC(O)N2CCc3c(nc(-c4ccoc4)nc3C(F)(F)F)C2)N(C(=O)O)C(C)(C)C)C(=O)C1. The number of piperidine rings is 1. The van der Waals surface area contributed by atoms with E-state index in [4.69, 9.17) is 4.42 Å². The summed E-state index contributed by atoms with van der Waals surface area (Å²) in [5.74, 6) is 0.0548. The lowest BCUT2D eigenvalue weighted by molar-refractivity contribution is -0.142. The number of carbonyl (C=O) groups is 2. The topological polar surface area (TPSA) is 123 Å². The van der Waals surface area contributed by atoms with Gasteiger partial charge in [-0.25, -0.2) is 14.8 Å². The minimum absolute atomic E-state index is 0.0189. The maximum atomic E-state index is 13.9.